The molecule has 0 aliphatic carbocycles. The average Bonchev–Trinajstić information content (AvgIpc) is 2.24. The van der Waals surface area contributed by atoms with Crippen LogP contribution in [0.25, 0.3) is 0 Å². The van der Waals surface area contributed by atoms with Crippen LogP contribution >= 0.6 is 15.9 Å². The van der Waals surface area contributed by atoms with Crippen molar-refractivity contribution in [1.29, 1.82) is 0 Å². The molecular weight excluding hydrogens is 290 g/mol. The van der Waals surface area contributed by atoms with Gasteiger partial charge in [0.15, 0.2) is 0 Å². The highest BCUT2D eigenvalue weighted by Crippen LogP contribution is 2.18. The van der Waals surface area contributed by atoms with E-state index in [0.29, 0.717) is 5.92 Å². The molecule has 1 aromatic carbocycles. The Labute approximate surface area is 119 Å². The van der Waals surface area contributed by atoms with Gasteiger partial charge in [0.05, 0.1) is 0 Å². The Morgan fingerprint density at radius 1 is 1.28 bits per heavy atom. The monoisotopic (exact) mass is 311 g/mol. The van der Waals surface area contributed by atoms with Crippen molar-refractivity contribution in [2.45, 2.75) is 40.2 Å². The number of carbonyl (C=O) groups excluding carboxylic acids is 1. The third-order valence-corrected chi connectivity index (χ3v) is 3.54. The molecule has 1 aromatic rings. The van der Waals surface area contributed by atoms with Crippen molar-refractivity contribution in [3.05, 3.63) is 33.8 Å². The van der Waals surface area contributed by atoms with Gasteiger partial charge in [0, 0.05) is 23.1 Å². The van der Waals surface area contributed by atoms with Gasteiger partial charge in [-0.1, -0.05) is 29.8 Å². The van der Waals surface area contributed by atoms with E-state index in [1.165, 1.54) is 0 Å². The third kappa shape index (κ3) is 4.13. The molecule has 0 bridgehead atoms. The fourth-order valence-electron chi connectivity index (χ4n) is 2.10. The number of benzene rings is 1. The highest BCUT2D eigenvalue weighted by molar-refractivity contribution is 9.10. The number of hydrogen-bond donors (Lipinski definition) is 0. The van der Waals surface area contributed by atoms with Gasteiger partial charge >= 0.3 is 0 Å². The van der Waals surface area contributed by atoms with E-state index < -0.39 is 0 Å². The van der Waals surface area contributed by atoms with E-state index in [9.17, 15) is 4.79 Å². The molecule has 0 fully saturated rings. The lowest BCUT2D eigenvalue weighted by atomic mass is 10.0. The average molecular weight is 312 g/mol. The third-order valence-electron chi connectivity index (χ3n) is 3.08. The summed E-state index contributed by atoms with van der Waals surface area (Å²) in [4.78, 5) is 14.2. The zero-order valence-electron chi connectivity index (χ0n) is 11.8. The van der Waals surface area contributed by atoms with Crippen LogP contribution in [-0.4, -0.2) is 23.9 Å². The van der Waals surface area contributed by atoms with Gasteiger partial charge in [-0.05, 0) is 49.9 Å². The molecule has 1 atom stereocenters. The highest BCUT2D eigenvalue weighted by atomic mass is 79.9. The van der Waals surface area contributed by atoms with Gasteiger partial charge in [-0.15, -0.1) is 0 Å². The molecular formula is C15H22BrNO. The van der Waals surface area contributed by atoms with Crippen molar-refractivity contribution in [1.82, 2.24) is 4.90 Å². The second-order valence-electron chi connectivity index (χ2n) is 5.41. The van der Waals surface area contributed by atoms with Gasteiger partial charge in [0.2, 0.25) is 0 Å². The molecule has 0 saturated heterocycles. The summed E-state index contributed by atoms with van der Waals surface area (Å²) in [6.07, 6.45) is 1.02. The Morgan fingerprint density at radius 2 is 1.89 bits per heavy atom. The topological polar surface area (TPSA) is 20.3 Å². The second-order valence-corrected chi connectivity index (χ2v) is 6.33. The number of halogens is 1. The van der Waals surface area contributed by atoms with Crippen LogP contribution in [0.5, 0.6) is 0 Å². The molecule has 0 saturated carbocycles. The largest absolute Gasteiger partial charge is 0.339 e. The van der Waals surface area contributed by atoms with Crippen LogP contribution in [0.15, 0.2) is 22.7 Å². The Morgan fingerprint density at radius 3 is 2.39 bits per heavy atom. The molecule has 0 radical (unpaired) electrons. The summed E-state index contributed by atoms with van der Waals surface area (Å²) in [7, 11) is 1.88. The van der Waals surface area contributed by atoms with Crippen molar-refractivity contribution < 1.29 is 4.79 Å². The smallest absolute Gasteiger partial charge is 0.253 e. The number of aryl methyl sites for hydroxylation is 1. The van der Waals surface area contributed by atoms with Crippen LogP contribution in [0.2, 0.25) is 0 Å². The molecule has 3 heteroatoms. The van der Waals surface area contributed by atoms with Crippen LogP contribution in [0.3, 0.4) is 0 Å². The van der Waals surface area contributed by atoms with Crippen LogP contribution in [-0.2, 0) is 0 Å². The minimum absolute atomic E-state index is 0.0903. The molecule has 0 spiro atoms. The fraction of sp³-hybridized carbons (Fsp3) is 0.533. The summed E-state index contributed by atoms with van der Waals surface area (Å²) in [6, 6.07) is 6.09. The lowest BCUT2D eigenvalue weighted by molar-refractivity contribution is 0.0728. The van der Waals surface area contributed by atoms with E-state index in [2.05, 4.69) is 36.7 Å². The van der Waals surface area contributed by atoms with Gasteiger partial charge in [0.25, 0.3) is 5.91 Å². The molecule has 0 aromatic heterocycles. The van der Waals surface area contributed by atoms with Crippen molar-refractivity contribution in [3.8, 4) is 0 Å². The zero-order valence-corrected chi connectivity index (χ0v) is 13.4. The number of nitrogens with zero attached hydrogens (tertiary/aromatic N) is 1. The first-order valence-corrected chi connectivity index (χ1v) is 7.15. The minimum atomic E-state index is 0.0903. The van der Waals surface area contributed by atoms with E-state index in [1.807, 2.05) is 37.1 Å². The van der Waals surface area contributed by atoms with Gasteiger partial charge in [-0.3, -0.25) is 4.79 Å². The minimum Gasteiger partial charge on any atom is -0.339 e. The fourth-order valence-corrected chi connectivity index (χ4v) is 2.71. The molecule has 0 aliphatic rings. The van der Waals surface area contributed by atoms with Gasteiger partial charge < -0.3 is 4.90 Å². The van der Waals surface area contributed by atoms with Crippen LogP contribution in [0.1, 0.15) is 43.1 Å². The molecule has 2 nitrogen and oxygen atoms in total. The highest BCUT2D eigenvalue weighted by Gasteiger charge is 2.18. The number of amides is 1. The molecule has 1 amide bonds. The van der Waals surface area contributed by atoms with Crippen LogP contribution < -0.4 is 0 Å². The molecule has 0 heterocycles. The van der Waals surface area contributed by atoms with E-state index >= 15 is 0 Å². The van der Waals surface area contributed by atoms with Crippen molar-refractivity contribution in [3.63, 3.8) is 0 Å². The zero-order chi connectivity index (χ0) is 13.9. The first kappa shape index (κ1) is 15.2. The maximum Gasteiger partial charge on any atom is 0.253 e. The predicted octanol–water partition coefficient (Wildman–Crippen LogP) is 4.26. The normalized spacial score (nSPS) is 12.6. The lowest BCUT2D eigenvalue weighted by Crippen LogP contribution is -2.35. The summed E-state index contributed by atoms with van der Waals surface area (Å²) in [5.41, 5.74) is 1.85. The van der Waals surface area contributed by atoms with Gasteiger partial charge in [-0.2, -0.15) is 0 Å². The first-order valence-electron chi connectivity index (χ1n) is 6.35. The van der Waals surface area contributed by atoms with E-state index in [1.54, 1.807) is 0 Å². The number of carbonyl (C=O) groups is 1. The van der Waals surface area contributed by atoms with Gasteiger partial charge in [0.1, 0.15) is 0 Å². The van der Waals surface area contributed by atoms with Crippen LogP contribution in [0.4, 0.5) is 0 Å². The van der Waals surface area contributed by atoms with Crippen molar-refractivity contribution in [2.75, 3.05) is 7.05 Å². The Bertz CT molecular complexity index is 408. The molecule has 18 heavy (non-hydrogen) atoms. The lowest BCUT2D eigenvalue weighted by Gasteiger charge is -2.26. The SMILES string of the molecule is Cc1cc(Br)cc(C(=O)N(C)C(C)CC(C)C)c1. The van der Waals surface area contributed by atoms with Crippen molar-refractivity contribution in [2.24, 2.45) is 5.92 Å². The number of rotatable bonds is 4. The molecule has 0 N–H and O–H groups in total. The summed E-state index contributed by atoms with van der Waals surface area (Å²) in [5, 5.41) is 0. The Balaban J connectivity index is 2.86. The summed E-state index contributed by atoms with van der Waals surface area (Å²) in [5.74, 6) is 0.687. The molecule has 1 rings (SSSR count). The predicted molar refractivity (Wildman–Crippen MR) is 79.9 cm³/mol. The maximum atomic E-state index is 12.4. The number of hydrogen-bond acceptors (Lipinski definition) is 1. The second kappa shape index (κ2) is 6.37. The summed E-state index contributed by atoms with van der Waals surface area (Å²) >= 11 is 3.44. The molecule has 0 aliphatic heterocycles. The summed E-state index contributed by atoms with van der Waals surface area (Å²) in [6.45, 7) is 8.46. The standard InChI is InChI=1S/C15H22BrNO/c1-10(2)6-12(4)17(5)15(18)13-7-11(3)8-14(16)9-13/h7-10,12H,6H2,1-5H3. The van der Waals surface area contributed by atoms with E-state index in [4.69, 9.17) is 0 Å². The summed E-state index contributed by atoms with van der Waals surface area (Å²) < 4.78 is 0.954. The van der Waals surface area contributed by atoms with E-state index in [-0.39, 0.29) is 11.9 Å². The van der Waals surface area contributed by atoms with Crippen molar-refractivity contribution >= 4 is 21.8 Å². The first-order chi connectivity index (χ1) is 8.31. The molecule has 1 unspecified atom stereocenters. The van der Waals surface area contributed by atoms with Crippen LogP contribution in [0, 0.1) is 12.8 Å². The Hall–Kier alpha value is -0.830. The molecule has 100 valence electrons. The van der Waals surface area contributed by atoms with Gasteiger partial charge in [-0.25, -0.2) is 0 Å². The maximum absolute atomic E-state index is 12.4. The Kier molecular flexibility index (Phi) is 5.39. The van der Waals surface area contributed by atoms with E-state index in [0.717, 1.165) is 22.0 Å². The quantitative estimate of drug-likeness (QED) is 0.813.